The molecule has 0 saturated heterocycles. The quantitative estimate of drug-likeness (QED) is 0.900. The van der Waals surface area contributed by atoms with Gasteiger partial charge in [-0.3, -0.25) is 4.68 Å². The van der Waals surface area contributed by atoms with Crippen molar-refractivity contribution >= 4 is 0 Å². The molecule has 2 aromatic rings. The third-order valence-corrected chi connectivity index (χ3v) is 2.90. The van der Waals surface area contributed by atoms with Crippen LogP contribution in [0.15, 0.2) is 30.6 Å². The fourth-order valence-corrected chi connectivity index (χ4v) is 1.83. The van der Waals surface area contributed by atoms with Crippen molar-refractivity contribution in [2.75, 3.05) is 7.11 Å². The van der Waals surface area contributed by atoms with Crippen LogP contribution < -0.4 is 10.5 Å². The van der Waals surface area contributed by atoms with Gasteiger partial charge >= 0.3 is 0 Å². The topological polar surface area (TPSA) is 53.1 Å². The number of rotatable bonds is 4. The Morgan fingerprint density at radius 3 is 2.61 bits per heavy atom. The highest BCUT2D eigenvalue weighted by Crippen LogP contribution is 2.26. The summed E-state index contributed by atoms with van der Waals surface area (Å²) in [6.45, 7) is 4.71. The molecule has 0 aliphatic rings. The van der Waals surface area contributed by atoms with Crippen LogP contribution in [0.5, 0.6) is 5.75 Å². The molecule has 0 spiro atoms. The fraction of sp³-hybridized carbons (Fsp3) is 0.357. The smallest absolute Gasteiger partial charge is 0.119 e. The van der Waals surface area contributed by atoms with Gasteiger partial charge < -0.3 is 10.5 Å². The van der Waals surface area contributed by atoms with Gasteiger partial charge in [0.25, 0.3) is 0 Å². The van der Waals surface area contributed by atoms with Gasteiger partial charge in [-0.1, -0.05) is 0 Å². The maximum absolute atomic E-state index is 5.70. The summed E-state index contributed by atoms with van der Waals surface area (Å²) in [5.41, 5.74) is 8.92. The van der Waals surface area contributed by atoms with Crippen LogP contribution in [-0.4, -0.2) is 16.9 Å². The van der Waals surface area contributed by atoms with Crippen molar-refractivity contribution in [3.8, 4) is 16.9 Å². The molecular formula is C14H19N3O. The van der Waals surface area contributed by atoms with Crippen LogP contribution in [0.25, 0.3) is 11.1 Å². The number of nitrogens with two attached hydrogens (primary N) is 1. The number of hydrogen-bond acceptors (Lipinski definition) is 3. The Kier molecular flexibility index (Phi) is 3.67. The molecule has 0 amide bonds. The molecule has 1 aromatic carbocycles. The number of benzene rings is 1. The number of methoxy groups -OCH3 is 1. The van der Waals surface area contributed by atoms with Gasteiger partial charge in [-0.15, -0.1) is 0 Å². The number of aromatic nitrogens is 2. The molecule has 0 atom stereocenters. The summed E-state index contributed by atoms with van der Waals surface area (Å²) in [5, 5.41) is 4.35. The van der Waals surface area contributed by atoms with E-state index in [0.29, 0.717) is 12.6 Å². The zero-order valence-corrected chi connectivity index (χ0v) is 11.1. The van der Waals surface area contributed by atoms with E-state index in [2.05, 4.69) is 25.0 Å². The van der Waals surface area contributed by atoms with Crippen LogP contribution >= 0.6 is 0 Å². The highest BCUT2D eigenvalue weighted by Gasteiger charge is 2.07. The van der Waals surface area contributed by atoms with E-state index >= 15 is 0 Å². The molecule has 96 valence electrons. The van der Waals surface area contributed by atoms with Crippen molar-refractivity contribution in [2.24, 2.45) is 5.73 Å². The van der Waals surface area contributed by atoms with Gasteiger partial charge in [-0.05, 0) is 43.2 Å². The second-order valence-electron chi connectivity index (χ2n) is 4.58. The Hall–Kier alpha value is -1.81. The van der Waals surface area contributed by atoms with Crippen LogP contribution in [0.1, 0.15) is 25.5 Å². The predicted molar refractivity (Wildman–Crippen MR) is 72.5 cm³/mol. The summed E-state index contributed by atoms with van der Waals surface area (Å²) >= 11 is 0. The van der Waals surface area contributed by atoms with Gasteiger partial charge in [0.1, 0.15) is 5.75 Å². The first-order chi connectivity index (χ1) is 8.63. The summed E-state index contributed by atoms with van der Waals surface area (Å²) in [5.74, 6) is 0.824. The van der Waals surface area contributed by atoms with E-state index in [1.807, 2.05) is 29.2 Å². The standard InChI is InChI=1S/C14H19N3O/c1-10(2)17-9-13(8-16-17)12-4-11(7-15)5-14(6-12)18-3/h4-6,8-10H,7,15H2,1-3H3. The van der Waals surface area contributed by atoms with Gasteiger partial charge in [0.15, 0.2) is 0 Å². The Bertz CT molecular complexity index is 509. The number of ether oxygens (including phenoxy) is 1. The van der Waals surface area contributed by atoms with E-state index in [0.717, 1.165) is 22.4 Å². The third kappa shape index (κ3) is 2.54. The van der Waals surface area contributed by atoms with Gasteiger partial charge in [-0.25, -0.2) is 0 Å². The first-order valence-corrected chi connectivity index (χ1v) is 6.06. The first kappa shape index (κ1) is 12.6. The summed E-state index contributed by atoms with van der Waals surface area (Å²) < 4.78 is 7.23. The van der Waals surface area contributed by atoms with Crippen molar-refractivity contribution in [3.05, 3.63) is 36.2 Å². The van der Waals surface area contributed by atoms with Crippen LogP contribution in [0.4, 0.5) is 0 Å². The number of nitrogens with zero attached hydrogens (tertiary/aromatic N) is 2. The Morgan fingerprint density at radius 1 is 1.28 bits per heavy atom. The molecule has 0 unspecified atom stereocenters. The highest BCUT2D eigenvalue weighted by molar-refractivity contribution is 5.64. The third-order valence-electron chi connectivity index (χ3n) is 2.90. The molecule has 2 N–H and O–H groups in total. The Balaban J connectivity index is 2.42. The lowest BCUT2D eigenvalue weighted by Crippen LogP contribution is -1.99. The van der Waals surface area contributed by atoms with Gasteiger partial charge in [0, 0.05) is 24.3 Å². The van der Waals surface area contributed by atoms with Gasteiger partial charge in [0.2, 0.25) is 0 Å². The van der Waals surface area contributed by atoms with Crippen molar-refractivity contribution in [2.45, 2.75) is 26.4 Å². The van der Waals surface area contributed by atoms with E-state index in [-0.39, 0.29) is 0 Å². The summed E-state index contributed by atoms with van der Waals surface area (Å²) in [6, 6.07) is 6.39. The molecule has 0 radical (unpaired) electrons. The lowest BCUT2D eigenvalue weighted by atomic mass is 10.1. The van der Waals surface area contributed by atoms with Crippen LogP contribution in [0, 0.1) is 0 Å². The molecule has 0 aliphatic heterocycles. The van der Waals surface area contributed by atoms with E-state index in [9.17, 15) is 0 Å². The maximum Gasteiger partial charge on any atom is 0.119 e. The minimum Gasteiger partial charge on any atom is -0.497 e. The second-order valence-corrected chi connectivity index (χ2v) is 4.58. The highest BCUT2D eigenvalue weighted by atomic mass is 16.5. The average molecular weight is 245 g/mol. The second kappa shape index (κ2) is 5.23. The average Bonchev–Trinajstić information content (AvgIpc) is 2.87. The lowest BCUT2D eigenvalue weighted by Gasteiger charge is -2.07. The molecule has 0 aliphatic carbocycles. The van der Waals surface area contributed by atoms with Crippen LogP contribution in [-0.2, 0) is 6.54 Å². The van der Waals surface area contributed by atoms with E-state index < -0.39 is 0 Å². The van der Waals surface area contributed by atoms with Gasteiger partial charge in [0.05, 0.1) is 13.3 Å². The summed E-state index contributed by atoms with van der Waals surface area (Å²) in [7, 11) is 1.66. The fourth-order valence-electron chi connectivity index (χ4n) is 1.83. The summed E-state index contributed by atoms with van der Waals surface area (Å²) in [4.78, 5) is 0. The first-order valence-electron chi connectivity index (χ1n) is 6.06. The maximum atomic E-state index is 5.70. The minimum atomic E-state index is 0.360. The van der Waals surface area contributed by atoms with Crippen molar-refractivity contribution in [3.63, 3.8) is 0 Å². The summed E-state index contributed by atoms with van der Waals surface area (Å²) in [6.07, 6.45) is 3.91. The van der Waals surface area contributed by atoms with E-state index in [4.69, 9.17) is 10.5 Å². The predicted octanol–water partition coefficient (Wildman–Crippen LogP) is 2.60. The van der Waals surface area contributed by atoms with E-state index in [1.165, 1.54) is 0 Å². The molecule has 2 rings (SSSR count). The molecule has 18 heavy (non-hydrogen) atoms. The van der Waals surface area contributed by atoms with Crippen LogP contribution in [0.3, 0.4) is 0 Å². The largest absolute Gasteiger partial charge is 0.497 e. The SMILES string of the molecule is COc1cc(CN)cc(-c2cnn(C(C)C)c2)c1. The zero-order chi connectivity index (χ0) is 13.1. The monoisotopic (exact) mass is 245 g/mol. The molecule has 0 saturated carbocycles. The van der Waals surface area contributed by atoms with Crippen molar-refractivity contribution in [1.82, 2.24) is 9.78 Å². The molecule has 0 bridgehead atoms. The number of hydrogen-bond donors (Lipinski definition) is 1. The van der Waals surface area contributed by atoms with Crippen LogP contribution in [0.2, 0.25) is 0 Å². The molecule has 4 heteroatoms. The molecular weight excluding hydrogens is 226 g/mol. The molecule has 4 nitrogen and oxygen atoms in total. The zero-order valence-electron chi connectivity index (χ0n) is 11.1. The molecule has 0 fully saturated rings. The lowest BCUT2D eigenvalue weighted by molar-refractivity contribution is 0.414. The van der Waals surface area contributed by atoms with Crippen molar-refractivity contribution in [1.29, 1.82) is 0 Å². The van der Waals surface area contributed by atoms with Gasteiger partial charge in [-0.2, -0.15) is 5.10 Å². The minimum absolute atomic E-state index is 0.360. The van der Waals surface area contributed by atoms with E-state index in [1.54, 1.807) is 7.11 Å². The Labute approximate surface area is 107 Å². The normalized spacial score (nSPS) is 10.9. The molecule has 1 aromatic heterocycles. The molecule has 1 heterocycles. The van der Waals surface area contributed by atoms with Crippen molar-refractivity contribution < 1.29 is 4.74 Å². The Morgan fingerprint density at radius 2 is 2.06 bits per heavy atom.